The first kappa shape index (κ1) is 15.7. The maximum atomic E-state index is 12.3. The van der Waals surface area contributed by atoms with E-state index in [0.29, 0.717) is 18.4 Å². The fraction of sp³-hybridized carbons (Fsp3) is 0.176. The summed E-state index contributed by atoms with van der Waals surface area (Å²) in [6.45, 7) is 1.87. The Morgan fingerprint density at radius 1 is 0.958 bits per heavy atom. The van der Waals surface area contributed by atoms with E-state index < -0.39 is 23.2 Å². The summed E-state index contributed by atoms with van der Waals surface area (Å²) in [6.07, 6.45) is 1.08. The van der Waals surface area contributed by atoms with E-state index in [1.165, 1.54) is 6.07 Å². The molecule has 2 aromatic heterocycles. The van der Waals surface area contributed by atoms with Crippen molar-refractivity contribution >= 4 is 33.5 Å². The Morgan fingerprint density at radius 3 is 2.08 bits per heavy atom. The van der Waals surface area contributed by atoms with Crippen LogP contribution in [-0.4, -0.2) is 22.2 Å². The summed E-state index contributed by atoms with van der Waals surface area (Å²) in [5, 5.41) is 18.5. The van der Waals surface area contributed by atoms with Gasteiger partial charge in [-0.05, 0) is 30.2 Å². The average Bonchev–Trinajstić information content (AvgIpc) is 2.69. The number of carboxylic acids is 2. The molecular formula is C17H12O7. The van der Waals surface area contributed by atoms with Crippen LogP contribution in [0, 0.1) is 0 Å². The molecule has 2 heterocycles. The number of aryl methyl sites for hydroxylation is 1. The SMILES string of the molecule is CCCc1cc2c(=O)oc(=O)c1c1c(C(=O)O)ccc(C(=O)O)c21. The van der Waals surface area contributed by atoms with Gasteiger partial charge in [-0.15, -0.1) is 0 Å². The molecule has 2 bridgehead atoms. The molecule has 0 saturated carbocycles. The Morgan fingerprint density at radius 2 is 1.54 bits per heavy atom. The van der Waals surface area contributed by atoms with Crippen LogP contribution in [0.5, 0.6) is 0 Å². The van der Waals surface area contributed by atoms with Crippen LogP contribution in [0.3, 0.4) is 0 Å². The molecule has 0 spiro atoms. The van der Waals surface area contributed by atoms with Crippen LogP contribution in [0.4, 0.5) is 0 Å². The van der Waals surface area contributed by atoms with E-state index in [4.69, 9.17) is 4.42 Å². The van der Waals surface area contributed by atoms with Crippen LogP contribution < -0.4 is 11.3 Å². The Balaban J connectivity index is 2.78. The summed E-state index contributed by atoms with van der Waals surface area (Å²) < 4.78 is 4.74. The summed E-state index contributed by atoms with van der Waals surface area (Å²) in [7, 11) is 0. The van der Waals surface area contributed by atoms with Crippen molar-refractivity contribution in [2.45, 2.75) is 19.8 Å². The molecule has 7 nitrogen and oxygen atoms in total. The second kappa shape index (κ2) is 5.45. The van der Waals surface area contributed by atoms with Gasteiger partial charge < -0.3 is 14.6 Å². The lowest BCUT2D eigenvalue weighted by Crippen LogP contribution is -2.07. The number of carboxylic acid groups (broad SMARTS) is 2. The molecule has 0 unspecified atom stereocenters. The van der Waals surface area contributed by atoms with Crippen molar-refractivity contribution in [3.8, 4) is 0 Å². The molecule has 24 heavy (non-hydrogen) atoms. The Hall–Kier alpha value is -3.22. The second-order valence-corrected chi connectivity index (χ2v) is 5.41. The topological polar surface area (TPSA) is 122 Å². The van der Waals surface area contributed by atoms with Gasteiger partial charge in [0.05, 0.1) is 21.9 Å². The molecule has 0 aliphatic rings. The van der Waals surface area contributed by atoms with Crippen molar-refractivity contribution < 1.29 is 24.2 Å². The second-order valence-electron chi connectivity index (χ2n) is 5.41. The van der Waals surface area contributed by atoms with E-state index in [2.05, 4.69) is 0 Å². The van der Waals surface area contributed by atoms with Gasteiger partial charge in [0.15, 0.2) is 0 Å². The lowest BCUT2D eigenvalue weighted by molar-refractivity contribution is 0.0684. The number of carbonyl (C=O) groups is 2. The zero-order valence-corrected chi connectivity index (χ0v) is 12.6. The van der Waals surface area contributed by atoms with Gasteiger partial charge in [0.25, 0.3) is 0 Å². The molecule has 0 saturated heterocycles. The summed E-state index contributed by atoms with van der Waals surface area (Å²) in [6, 6.07) is 3.66. The Kier molecular flexibility index (Phi) is 3.56. The molecule has 0 atom stereocenters. The summed E-state index contributed by atoms with van der Waals surface area (Å²) in [5.74, 6) is -2.64. The van der Waals surface area contributed by atoms with Gasteiger partial charge in [0, 0.05) is 10.8 Å². The predicted molar refractivity (Wildman–Crippen MR) is 85.4 cm³/mol. The molecule has 122 valence electrons. The maximum absolute atomic E-state index is 12.3. The van der Waals surface area contributed by atoms with Crippen LogP contribution >= 0.6 is 0 Å². The Labute approximate surface area is 134 Å². The lowest BCUT2D eigenvalue weighted by Gasteiger charge is -2.10. The fourth-order valence-corrected chi connectivity index (χ4v) is 3.03. The van der Waals surface area contributed by atoms with Gasteiger partial charge in [-0.1, -0.05) is 13.3 Å². The summed E-state index contributed by atoms with van der Waals surface area (Å²) in [5.41, 5.74) is -1.96. The van der Waals surface area contributed by atoms with E-state index in [1.54, 1.807) is 0 Å². The summed E-state index contributed by atoms with van der Waals surface area (Å²) in [4.78, 5) is 47.6. The minimum absolute atomic E-state index is 0.0537. The Bertz CT molecular complexity index is 1110. The molecule has 2 aromatic carbocycles. The zero-order valence-electron chi connectivity index (χ0n) is 12.6. The van der Waals surface area contributed by atoms with Crippen LogP contribution in [-0.2, 0) is 6.42 Å². The van der Waals surface area contributed by atoms with Gasteiger partial charge in [0.2, 0.25) is 0 Å². The van der Waals surface area contributed by atoms with E-state index in [9.17, 15) is 29.4 Å². The molecule has 4 aromatic rings. The molecular weight excluding hydrogens is 316 g/mol. The largest absolute Gasteiger partial charge is 0.478 e. The highest BCUT2D eigenvalue weighted by Crippen LogP contribution is 2.32. The van der Waals surface area contributed by atoms with Crippen molar-refractivity contribution in [2.75, 3.05) is 0 Å². The monoisotopic (exact) mass is 328 g/mol. The lowest BCUT2D eigenvalue weighted by atomic mass is 9.91. The van der Waals surface area contributed by atoms with Gasteiger partial charge in [-0.2, -0.15) is 0 Å². The number of hydrogen-bond donors (Lipinski definition) is 2. The molecule has 0 aliphatic carbocycles. The van der Waals surface area contributed by atoms with Crippen LogP contribution in [0.2, 0.25) is 0 Å². The quantitative estimate of drug-likeness (QED) is 0.752. The standard InChI is InChI=1S/C17H12O7/c1-2-3-7-6-10-12-8(14(18)19)4-5-9(15(20)21)13(12)11(7)17(23)24-16(10)22/h4-6H,2-3H2,1H3,(H,18,19)(H,20,21). The van der Waals surface area contributed by atoms with E-state index in [1.807, 2.05) is 6.92 Å². The number of fused-ring (bicyclic) bond motifs is 3. The number of rotatable bonds is 4. The van der Waals surface area contributed by atoms with Crippen molar-refractivity contribution in [2.24, 2.45) is 0 Å². The number of hydrogen-bond acceptors (Lipinski definition) is 5. The predicted octanol–water partition coefficient (Wildman–Crippen LogP) is 2.09. The highest BCUT2D eigenvalue weighted by atomic mass is 16.4. The molecule has 0 aliphatic heterocycles. The third-order valence-electron chi connectivity index (χ3n) is 3.95. The van der Waals surface area contributed by atoms with Crippen molar-refractivity contribution in [3.05, 3.63) is 55.7 Å². The van der Waals surface area contributed by atoms with E-state index in [-0.39, 0.29) is 32.7 Å². The summed E-state index contributed by atoms with van der Waals surface area (Å²) >= 11 is 0. The first-order valence-electron chi connectivity index (χ1n) is 7.22. The van der Waals surface area contributed by atoms with E-state index in [0.717, 1.165) is 12.1 Å². The van der Waals surface area contributed by atoms with Crippen LogP contribution in [0.15, 0.2) is 32.2 Å². The maximum Gasteiger partial charge on any atom is 0.346 e. The van der Waals surface area contributed by atoms with Gasteiger partial charge in [0.1, 0.15) is 0 Å². The average molecular weight is 328 g/mol. The number of benzene rings is 2. The third-order valence-corrected chi connectivity index (χ3v) is 3.95. The van der Waals surface area contributed by atoms with Crippen molar-refractivity contribution in [1.82, 2.24) is 0 Å². The van der Waals surface area contributed by atoms with Gasteiger partial charge in [-0.25, -0.2) is 19.2 Å². The minimum atomic E-state index is -1.32. The normalized spacial score (nSPS) is 11.2. The molecule has 0 fully saturated rings. The van der Waals surface area contributed by atoms with Gasteiger partial charge in [-0.3, -0.25) is 0 Å². The number of aromatic carboxylic acids is 2. The molecule has 7 heteroatoms. The van der Waals surface area contributed by atoms with E-state index >= 15 is 0 Å². The molecule has 2 N–H and O–H groups in total. The molecule has 0 amide bonds. The smallest absolute Gasteiger partial charge is 0.346 e. The minimum Gasteiger partial charge on any atom is -0.478 e. The van der Waals surface area contributed by atoms with Crippen LogP contribution in [0.1, 0.15) is 39.6 Å². The zero-order chi connectivity index (χ0) is 17.6. The highest BCUT2D eigenvalue weighted by molar-refractivity contribution is 6.22. The molecule has 0 radical (unpaired) electrons. The fourth-order valence-electron chi connectivity index (χ4n) is 3.03. The first-order valence-corrected chi connectivity index (χ1v) is 7.22. The van der Waals surface area contributed by atoms with Gasteiger partial charge >= 0.3 is 23.2 Å². The first-order chi connectivity index (χ1) is 11.4. The van der Waals surface area contributed by atoms with Crippen LogP contribution in [0.25, 0.3) is 21.5 Å². The molecule has 4 rings (SSSR count). The van der Waals surface area contributed by atoms with Crippen molar-refractivity contribution in [3.63, 3.8) is 0 Å². The highest BCUT2D eigenvalue weighted by Gasteiger charge is 2.24. The third kappa shape index (κ3) is 2.13. The van der Waals surface area contributed by atoms with Crippen molar-refractivity contribution in [1.29, 1.82) is 0 Å².